The van der Waals surface area contributed by atoms with Crippen LogP contribution in [0.15, 0.2) is 47.7 Å². The largest absolute Gasteiger partial charge is 0.507 e. The lowest BCUT2D eigenvalue weighted by atomic mass is 9.92. The van der Waals surface area contributed by atoms with Crippen molar-refractivity contribution < 1.29 is 19.6 Å². The highest BCUT2D eigenvalue weighted by Crippen LogP contribution is 2.37. The predicted molar refractivity (Wildman–Crippen MR) is 76.3 cm³/mol. The molecule has 1 unspecified atom stereocenters. The van der Waals surface area contributed by atoms with Crippen molar-refractivity contribution in [3.05, 3.63) is 63.4 Å². The summed E-state index contributed by atoms with van der Waals surface area (Å²) in [6.07, 6.45) is 0.867. The molecule has 0 saturated heterocycles. The average molecular weight is 310 g/mol. The van der Waals surface area contributed by atoms with Crippen molar-refractivity contribution in [2.24, 2.45) is 0 Å². The van der Waals surface area contributed by atoms with Gasteiger partial charge in [0, 0.05) is 30.7 Å². The lowest BCUT2D eigenvalue weighted by Gasteiger charge is -2.26. The lowest BCUT2D eigenvalue weighted by molar-refractivity contribution is -0.420. The number of aliphatic hydroxyl groups is 1. The number of hydrogen-bond acceptors (Lipinski definition) is 5. The summed E-state index contributed by atoms with van der Waals surface area (Å²) in [6.45, 7) is 0. The van der Waals surface area contributed by atoms with Crippen molar-refractivity contribution in [1.29, 1.82) is 0 Å². The summed E-state index contributed by atoms with van der Waals surface area (Å²) in [5.41, 5.74) is -0.0733. The van der Waals surface area contributed by atoms with Crippen molar-refractivity contribution in [3.8, 4) is 0 Å². The summed E-state index contributed by atoms with van der Waals surface area (Å²) in [5.74, 6) is -1.11. The topological polar surface area (TPSA) is 89.7 Å². The van der Waals surface area contributed by atoms with E-state index in [1.54, 1.807) is 30.3 Å². The Kier molecular flexibility index (Phi) is 4.11. The highest BCUT2D eigenvalue weighted by molar-refractivity contribution is 6.37. The van der Waals surface area contributed by atoms with Crippen LogP contribution in [0, 0.1) is 10.1 Å². The first-order valence-electron chi connectivity index (χ1n) is 6.01. The fourth-order valence-corrected chi connectivity index (χ4v) is 2.27. The number of nitro groups is 1. The van der Waals surface area contributed by atoms with E-state index in [1.807, 2.05) is 0 Å². The minimum Gasteiger partial charge on any atom is -0.507 e. The molecular formula is C14H12ClNO5. The van der Waals surface area contributed by atoms with Gasteiger partial charge in [0.15, 0.2) is 0 Å². The van der Waals surface area contributed by atoms with E-state index < -0.39 is 21.5 Å². The third-order valence-electron chi connectivity index (χ3n) is 3.17. The maximum absolute atomic E-state index is 12.0. The molecule has 0 heterocycles. The molecule has 0 fully saturated rings. The van der Waals surface area contributed by atoms with E-state index in [4.69, 9.17) is 16.3 Å². The van der Waals surface area contributed by atoms with Crippen LogP contribution in [0.3, 0.4) is 0 Å². The molecule has 0 aromatic heterocycles. The molecule has 1 N–H and O–H groups in total. The number of nitrogens with zero attached hydrogens (tertiary/aromatic N) is 1. The number of benzene rings is 1. The first-order valence-corrected chi connectivity index (χ1v) is 6.39. The number of aliphatic hydroxyl groups excluding tert-OH is 1. The summed E-state index contributed by atoms with van der Waals surface area (Å²) < 4.78 is 4.91. The van der Waals surface area contributed by atoms with E-state index in [9.17, 15) is 20.0 Å². The standard InChI is InChI=1S/C14H12ClNO5/c1-21-14(15)8-10(7-11(13(14)18)16(19)20)12(17)9-5-3-2-4-6-9/h2-7,17H,8H2,1H3. The second kappa shape index (κ2) is 5.67. The van der Waals surface area contributed by atoms with E-state index in [2.05, 4.69) is 0 Å². The number of hydrogen-bond donors (Lipinski definition) is 1. The summed E-state index contributed by atoms with van der Waals surface area (Å²) in [7, 11) is 1.19. The number of ketones is 1. The Hall–Kier alpha value is -2.18. The predicted octanol–water partition coefficient (Wildman–Crippen LogP) is 2.67. The minimum absolute atomic E-state index is 0.165. The van der Waals surface area contributed by atoms with Crippen LogP contribution < -0.4 is 0 Å². The molecule has 0 amide bonds. The number of halogens is 1. The van der Waals surface area contributed by atoms with Gasteiger partial charge in [0.1, 0.15) is 5.76 Å². The van der Waals surface area contributed by atoms with Crippen molar-refractivity contribution in [3.63, 3.8) is 0 Å². The molecule has 1 aromatic carbocycles. The maximum Gasteiger partial charge on any atom is 0.316 e. The van der Waals surface area contributed by atoms with Gasteiger partial charge in [0.25, 0.3) is 5.78 Å². The molecule has 1 atom stereocenters. The summed E-state index contributed by atoms with van der Waals surface area (Å²) >= 11 is 6.01. The minimum atomic E-state index is -1.88. The number of ether oxygens (including phenoxy) is 1. The third-order valence-corrected chi connectivity index (χ3v) is 3.63. The number of Topliss-reactive ketones (excluding diaryl/α,β-unsaturated/α-hetero) is 1. The number of allylic oxidation sites excluding steroid dienone is 1. The molecule has 7 heteroatoms. The molecule has 0 aliphatic heterocycles. The fraction of sp³-hybridized carbons (Fsp3) is 0.214. The van der Waals surface area contributed by atoms with Gasteiger partial charge >= 0.3 is 5.70 Å². The molecule has 1 aromatic rings. The molecule has 6 nitrogen and oxygen atoms in total. The zero-order valence-corrected chi connectivity index (χ0v) is 11.8. The molecule has 0 saturated carbocycles. The molecule has 1 aliphatic rings. The number of carbonyl (C=O) groups is 1. The molecule has 1 aliphatic carbocycles. The first-order chi connectivity index (χ1) is 9.89. The molecule has 2 rings (SSSR count). The summed E-state index contributed by atoms with van der Waals surface area (Å²) in [5, 5.41) is 19.3. The zero-order chi connectivity index (χ0) is 15.6. The van der Waals surface area contributed by atoms with Crippen LogP contribution in [-0.2, 0) is 9.53 Å². The Morgan fingerprint density at radius 2 is 2.05 bits per heavy atom. The zero-order valence-electron chi connectivity index (χ0n) is 11.1. The van der Waals surface area contributed by atoms with Crippen molar-refractivity contribution in [2.75, 3.05) is 7.11 Å². The van der Waals surface area contributed by atoms with Crippen LogP contribution in [0.5, 0.6) is 0 Å². The second-order valence-electron chi connectivity index (χ2n) is 4.47. The van der Waals surface area contributed by atoms with Gasteiger partial charge in [0.2, 0.25) is 5.06 Å². The van der Waals surface area contributed by atoms with Crippen LogP contribution in [0.25, 0.3) is 5.76 Å². The van der Waals surface area contributed by atoms with Gasteiger partial charge in [0.05, 0.1) is 4.92 Å². The van der Waals surface area contributed by atoms with Gasteiger partial charge in [-0.2, -0.15) is 0 Å². The maximum atomic E-state index is 12.0. The number of carbonyl (C=O) groups excluding carboxylic acids is 1. The molecular weight excluding hydrogens is 298 g/mol. The average Bonchev–Trinajstić information content (AvgIpc) is 2.49. The second-order valence-corrected chi connectivity index (χ2v) is 5.08. The van der Waals surface area contributed by atoms with Crippen LogP contribution >= 0.6 is 11.6 Å². The van der Waals surface area contributed by atoms with Gasteiger partial charge < -0.3 is 9.84 Å². The Morgan fingerprint density at radius 3 is 2.57 bits per heavy atom. The van der Waals surface area contributed by atoms with Crippen LogP contribution in [-0.4, -0.2) is 28.0 Å². The van der Waals surface area contributed by atoms with Crippen LogP contribution in [0.1, 0.15) is 12.0 Å². The summed E-state index contributed by atoms with van der Waals surface area (Å²) in [6, 6.07) is 8.47. The lowest BCUT2D eigenvalue weighted by Crippen LogP contribution is -2.40. The molecule has 110 valence electrons. The van der Waals surface area contributed by atoms with Crippen LogP contribution in [0.2, 0.25) is 0 Å². The molecule has 0 bridgehead atoms. The Balaban J connectivity index is 2.59. The van der Waals surface area contributed by atoms with Gasteiger partial charge in [-0.25, -0.2) is 0 Å². The monoisotopic (exact) mass is 309 g/mol. The highest BCUT2D eigenvalue weighted by atomic mass is 35.5. The van der Waals surface area contributed by atoms with Crippen molar-refractivity contribution in [1.82, 2.24) is 0 Å². The Bertz CT molecular complexity index is 653. The Labute approximate surface area is 125 Å². The third kappa shape index (κ3) is 2.81. The van der Waals surface area contributed by atoms with Gasteiger partial charge in [-0.1, -0.05) is 41.9 Å². The van der Waals surface area contributed by atoms with Crippen molar-refractivity contribution in [2.45, 2.75) is 11.5 Å². The summed E-state index contributed by atoms with van der Waals surface area (Å²) in [4.78, 5) is 22.1. The van der Waals surface area contributed by atoms with E-state index in [1.165, 1.54) is 7.11 Å². The van der Waals surface area contributed by atoms with E-state index >= 15 is 0 Å². The smallest absolute Gasteiger partial charge is 0.316 e. The SMILES string of the molecule is COC1(Cl)CC(=C(O)c2ccccc2)C=C([N+](=O)[O-])C1=O. The highest BCUT2D eigenvalue weighted by Gasteiger charge is 2.48. The molecule has 21 heavy (non-hydrogen) atoms. The normalized spacial score (nSPS) is 24.5. The van der Waals surface area contributed by atoms with Crippen molar-refractivity contribution >= 4 is 23.1 Å². The van der Waals surface area contributed by atoms with E-state index in [0.29, 0.717) is 5.56 Å². The molecule has 0 radical (unpaired) electrons. The molecule has 0 spiro atoms. The quantitative estimate of drug-likeness (QED) is 0.401. The number of methoxy groups -OCH3 is 1. The Morgan fingerprint density at radius 1 is 1.43 bits per heavy atom. The van der Waals surface area contributed by atoms with Crippen LogP contribution in [0.4, 0.5) is 0 Å². The fourth-order valence-electron chi connectivity index (χ4n) is 2.03. The van der Waals surface area contributed by atoms with Gasteiger partial charge in [-0.15, -0.1) is 0 Å². The van der Waals surface area contributed by atoms with Gasteiger partial charge in [-0.3, -0.25) is 14.9 Å². The van der Waals surface area contributed by atoms with E-state index in [-0.39, 0.29) is 17.8 Å². The van der Waals surface area contributed by atoms with Gasteiger partial charge in [-0.05, 0) is 0 Å². The first kappa shape index (κ1) is 15.2. The number of alkyl halides is 1. The van der Waals surface area contributed by atoms with E-state index in [0.717, 1.165) is 6.08 Å². The number of rotatable bonds is 3.